The molecule has 2 aromatic rings. The predicted molar refractivity (Wildman–Crippen MR) is 88.8 cm³/mol. The van der Waals surface area contributed by atoms with Crippen LogP contribution in [0.3, 0.4) is 0 Å². The summed E-state index contributed by atoms with van der Waals surface area (Å²) >= 11 is 0. The molecule has 0 saturated heterocycles. The maximum Gasteiger partial charge on any atom is 0.175 e. The van der Waals surface area contributed by atoms with Crippen LogP contribution < -0.4 is 0 Å². The van der Waals surface area contributed by atoms with Crippen molar-refractivity contribution in [2.45, 2.75) is 30.9 Å². The highest BCUT2D eigenvalue weighted by atomic mass is 32.2. The van der Waals surface area contributed by atoms with E-state index >= 15 is 0 Å². The maximum atomic E-state index is 11.5. The Labute approximate surface area is 137 Å². The highest BCUT2D eigenvalue weighted by Gasteiger charge is 2.26. The molecule has 0 amide bonds. The summed E-state index contributed by atoms with van der Waals surface area (Å²) in [6.45, 7) is 5.67. The van der Waals surface area contributed by atoms with E-state index in [-0.39, 0.29) is 4.90 Å². The fourth-order valence-electron chi connectivity index (χ4n) is 2.51. The fraction of sp³-hybridized carbons (Fsp3) is 0.412. The Kier molecular flexibility index (Phi) is 5.29. The van der Waals surface area contributed by atoms with Gasteiger partial charge in [0.05, 0.1) is 23.0 Å². The second-order valence-corrected chi connectivity index (χ2v) is 8.02. The third kappa shape index (κ3) is 4.67. The molecule has 126 valence electrons. The molecule has 0 aliphatic rings. The molecule has 1 heterocycles. The summed E-state index contributed by atoms with van der Waals surface area (Å²) < 4.78 is 28.1. The maximum absolute atomic E-state index is 11.5. The van der Waals surface area contributed by atoms with Crippen LogP contribution in [0.25, 0.3) is 0 Å². The number of sulfone groups is 1. The summed E-state index contributed by atoms with van der Waals surface area (Å²) in [6, 6.07) is 8.30. The predicted octanol–water partition coefficient (Wildman–Crippen LogP) is 2.41. The van der Waals surface area contributed by atoms with Gasteiger partial charge in [-0.15, -0.1) is 0 Å². The van der Waals surface area contributed by atoms with Crippen LogP contribution in [0, 0.1) is 0 Å². The van der Waals surface area contributed by atoms with E-state index in [9.17, 15) is 13.5 Å². The number of rotatable bonds is 7. The van der Waals surface area contributed by atoms with Crippen molar-refractivity contribution in [3.63, 3.8) is 0 Å². The molecule has 0 aliphatic carbocycles. The minimum Gasteiger partial charge on any atom is -0.472 e. The Balaban J connectivity index is 2.13. The third-order valence-corrected chi connectivity index (χ3v) is 5.00. The SMILES string of the molecule is CCN(Cc1ccoc1)CC(C)(O)c1ccc(S(C)(=O)=O)cc1. The monoisotopic (exact) mass is 337 g/mol. The lowest BCUT2D eigenvalue weighted by molar-refractivity contribution is 0.0148. The molecular weight excluding hydrogens is 314 g/mol. The Bertz CT molecular complexity index is 718. The van der Waals surface area contributed by atoms with Crippen LogP contribution in [0.5, 0.6) is 0 Å². The Morgan fingerprint density at radius 3 is 2.35 bits per heavy atom. The zero-order valence-corrected chi connectivity index (χ0v) is 14.5. The van der Waals surface area contributed by atoms with E-state index in [1.54, 1.807) is 31.6 Å². The van der Waals surface area contributed by atoms with Crippen molar-refractivity contribution in [2.24, 2.45) is 0 Å². The molecule has 5 nitrogen and oxygen atoms in total. The number of hydrogen-bond acceptors (Lipinski definition) is 5. The molecule has 0 fully saturated rings. The van der Waals surface area contributed by atoms with Gasteiger partial charge >= 0.3 is 0 Å². The molecule has 2 rings (SSSR count). The van der Waals surface area contributed by atoms with Gasteiger partial charge in [-0.25, -0.2) is 8.42 Å². The van der Waals surface area contributed by atoms with E-state index in [1.807, 2.05) is 13.0 Å². The van der Waals surface area contributed by atoms with Crippen molar-refractivity contribution in [1.82, 2.24) is 4.90 Å². The van der Waals surface area contributed by atoms with Gasteiger partial charge in [-0.2, -0.15) is 0 Å². The molecule has 0 radical (unpaired) electrons. The number of aliphatic hydroxyl groups is 1. The molecule has 6 heteroatoms. The van der Waals surface area contributed by atoms with Crippen LogP contribution in [0.1, 0.15) is 25.0 Å². The molecule has 23 heavy (non-hydrogen) atoms. The van der Waals surface area contributed by atoms with Crippen LogP contribution in [-0.4, -0.2) is 37.8 Å². The Morgan fingerprint density at radius 1 is 1.22 bits per heavy atom. The highest BCUT2D eigenvalue weighted by Crippen LogP contribution is 2.24. The van der Waals surface area contributed by atoms with Crippen LogP contribution in [0.4, 0.5) is 0 Å². The standard InChI is InChI=1S/C17H23NO4S/c1-4-18(11-14-9-10-22-12-14)13-17(2,19)15-5-7-16(8-6-15)23(3,20)21/h5-10,12,19H,4,11,13H2,1-3H3. The summed E-state index contributed by atoms with van der Waals surface area (Å²) in [5.74, 6) is 0. The van der Waals surface area contributed by atoms with E-state index in [1.165, 1.54) is 18.4 Å². The number of nitrogens with zero attached hydrogens (tertiary/aromatic N) is 1. The minimum absolute atomic E-state index is 0.253. The molecule has 1 aromatic carbocycles. The van der Waals surface area contributed by atoms with E-state index in [0.29, 0.717) is 18.7 Å². The average Bonchev–Trinajstić information content (AvgIpc) is 2.98. The van der Waals surface area contributed by atoms with E-state index < -0.39 is 15.4 Å². The second kappa shape index (κ2) is 6.86. The second-order valence-electron chi connectivity index (χ2n) is 6.01. The zero-order chi connectivity index (χ0) is 17.1. The van der Waals surface area contributed by atoms with Gasteiger partial charge in [0.2, 0.25) is 0 Å². The quantitative estimate of drug-likeness (QED) is 0.840. The lowest BCUT2D eigenvalue weighted by atomic mass is 9.95. The summed E-state index contributed by atoms with van der Waals surface area (Å²) in [7, 11) is -3.23. The first-order valence-corrected chi connectivity index (χ1v) is 9.38. The van der Waals surface area contributed by atoms with Crippen molar-refractivity contribution in [1.29, 1.82) is 0 Å². The smallest absolute Gasteiger partial charge is 0.175 e. The molecule has 1 atom stereocenters. The Hall–Kier alpha value is -1.63. The largest absolute Gasteiger partial charge is 0.472 e. The lowest BCUT2D eigenvalue weighted by Crippen LogP contribution is -2.38. The number of likely N-dealkylation sites (N-methyl/N-ethyl adjacent to an activating group) is 1. The molecule has 0 spiro atoms. The summed E-state index contributed by atoms with van der Waals surface area (Å²) in [4.78, 5) is 2.36. The molecule has 0 aliphatic heterocycles. The number of hydrogen-bond donors (Lipinski definition) is 1. The average molecular weight is 337 g/mol. The zero-order valence-electron chi connectivity index (χ0n) is 13.7. The molecule has 0 saturated carbocycles. The Morgan fingerprint density at radius 2 is 1.87 bits per heavy atom. The van der Waals surface area contributed by atoms with Gasteiger partial charge in [0, 0.05) is 24.9 Å². The first-order chi connectivity index (χ1) is 10.7. The molecule has 1 aromatic heterocycles. The number of furan rings is 1. The van der Waals surface area contributed by atoms with E-state index in [0.717, 1.165) is 12.1 Å². The van der Waals surface area contributed by atoms with Crippen molar-refractivity contribution in [2.75, 3.05) is 19.3 Å². The third-order valence-electron chi connectivity index (χ3n) is 3.87. The van der Waals surface area contributed by atoms with Gasteiger partial charge < -0.3 is 9.52 Å². The van der Waals surface area contributed by atoms with Crippen LogP contribution in [0.15, 0.2) is 52.2 Å². The molecular formula is C17H23NO4S. The lowest BCUT2D eigenvalue weighted by Gasteiger charge is -2.31. The highest BCUT2D eigenvalue weighted by molar-refractivity contribution is 7.90. The van der Waals surface area contributed by atoms with Gasteiger partial charge in [-0.05, 0) is 37.2 Å². The van der Waals surface area contributed by atoms with Crippen molar-refractivity contribution >= 4 is 9.84 Å². The molecule has 1 N–H and O–H groups in total. The summed E-state index contributed by atoms with van der Waals surface area (Å²) in [5.41, 5.74) is 0.668. The first-order valence-electron chi connectivity index (χ1n) is 7.49. The van der Waals surface area contributed by atoms with E-state index in [2.05, 4.69) is 4.90 Å². The first kappa shape index (κ1) is 17.7. The van der Waals surface area contributed by atoms with Crippen LogP contribution in [-0.2, 0) is 22.0 Å². The van der Waals surface area contributed by atoms with Gasteiger partial charge in [-0.3, -0.25) is 4.90 Å². The summed E-state index contributed by atoms with van der Waals surface area (Å²) in [6.07, 6.45) is 4.49. The number of benzene rings is 1. The van der Waals surface area contributed by atoms with Gasteiger partial charge in [0.15, 0.2) is 9.84 Å². The van der Waals surface area contributed by atoms with E-state index in [4.69, 9.17) is 4.42 Å². The minimum atomic E-state index is -3.23. The van der Waals surface area contributed by atoms with Gasteiger partial charge in [0.25, 0.3) is 0 Å². The van der Waals surface area contributed by atoms with Crippen LogP contribution in [0.2, 0.25) is 0 Å². The summed E-state index contributed by atoms with van der Waals surface area (Å²) in [5, 5.41) is 10.8. The fourth-order valence-corrected chi connectivity index (χ4v) is 3.14. The van der Waals surface area contributed by atoms with Crippen LogP contribution >= 0.6 is 0 Å². The van der Waals surface area contributed by atoms with Crippen molar-refractivity contribution in [3.05, 3.63) is 54.0 Å². The van der Waals surface area contributed by atoms with Gasteiger partial charge in [0.1, 0.15) is 0 Å². The van der Waals surface area contributed by atoms with Crippen molar-refractivity contribution in [3.8, 4) is 0 Å². The van der Waals surface area contributed by atoms with Gasteiger partial charge in [-0.1, -0.05) is 19.1 Å². The normalized spacial score (nSPS) is 14.8. The molecule has 1 unspecified atom stereocenters. The van der Waals surface area contributed by atoms with Crippen molar-refractivity contribution < 1.29 is 17.9 Å². The molecule has 0 bridgehead atoms. The topological polar surface area (TPSA) is 70.8 Å².